The van der Waals surface area contributed by atoms with E-state index in [1.807, 2.05) is 10.9 Å². The maximum atomic E-state index is 12.8. The van der Waals surface area contributed by atoms with Crippen LogP contribution in [0, 0.1) is 5.92 Å². The van der Waals surface area contributed by atoms with Crippen LogP contribution in [-0.4, -0.2) is 38.4 Å². The summed E-state index contributed by atoms with van der Waals surface area (Å²) in [5.41, 5.74) is 0.553. The van der Waals surface area contributed by atoms with Crippen LogP contribution in [0.25, 0.3) is 0 Å². The molecule has 5 nitrogen and oxygen atoms in total. The summed E-state index contributed by atoms with van der Waals surface area (Å²) in [6, 6.07) is 0.907. The van der Waals surface area contributed by atoms with Gasteiger partial charge in [0.05, 0.1) is 12.2 Å². The molecule has 3 aliphatic rings. The zero-order valence-corrected chi connectivity index (χ0v) is 13.3. The smallest absolute Gasteiger partial charge is 0.276 e. The van der Waals surface area contributed by atoms with E-state index in [2.05, 4.69) is 15.2 Å². The molecular formula is C17H26N4O. The van der Waals surface area contributed by atoms with Crippen LogP contribution >= 0.6 is 0 Å². The molecule has 4 rings (SSSR count). The first-order valence-corrected chi connectivity index (χ1v) is 9.06. The lowest BCUT2D eigenvalue weighted by atomic mass is 9.85. The Morgan fingerprint density at radius 2 is 1.77 bits per heavy atom. The number of hydrogen-bond donors (Lipinski definition) is 0. The molecule has 2 heterocycles. The molecule has 0 spiro atoms. The van der Waals surface area contributed by atoms with Crippen molar-refractivity contribution in [1.82, 2.24) is 19.9 Å². The molecule has 2 aliphatic carbocycles. The highest BCUT2D eigenvalue weighted by Crippen LogP contribution is 2.36. The molecule has 3 fully saturated rings. The average molecular weight is 302 g/mol. The van der Waals surface area contributed by atoms with E-state index in [1.165, 1.54) is 64.2 Å². The van der Waals surface area contributed by atoms with Crippen LogP contribution in [0.4, 0.5) is 0 Å². The van der Waals surface area contributed by atoms with Crippen LogP contribution in [0.3, 0.4) is 0 Å². The van der Waals surface area contributed by atoms with E-state index in [0.717, 1.165) is 12.5 Å². The summed E-state index contributed by atoms with van der Waals surface area (Å²) in [6.07, 6.45) is 14.3. The maximum Gasteiger partial charge on any atom is 0.276 e. The number of carbonyl (C=O) groups excluding carboxylic acids is 1. The summed E-state index contributed by atoms with van der Waals surface area (Å²) in [5.74, 6) is 0.836. The molecule has 0 radical (unpaired) electrons. The van der Waals surface area contributed by atoms with E-state index < -0.39 is 0 Å². The third-order valence-electron chi connectivity index (χ3n) is 5.95. The first-order valence-electron chi connectivity index (χ1n) is 9.06. The van der Waals surface area contributed by atoms with Gasteiger partial charge in [0.15, 0.2) is 5.69 Å². The van der Waals surface area contributed by atoms with Gasteiger partial charge in [0, 0.05) is 12.6 Å². The fourth-order valence-electron chi connectivity index (χ4n) is 4.70. The van der Waals surface area contributed by atoms with Crippen molar-refractivity contribution < 1.29 is 4.79 Å². The van der Waals surface area contributed by atoms with Crippen LogP contribution < -0.4 is 0 Å². The first kappa shape index (κ1) is 14.2. The van der Waals surface area contributed by atoms with Gasteiger partial charge < -0.3 is 4.90 Å². The molecule has 5 heteroatoms. The highest BCUT2D eigenvalue weighted by Gasteiger charge is 2.39. The zero-order valence-electron chi connectivity index (χ0n) is 13.3. The van der Waals surface area contributed by atoms with Crippen molar-refractivity contribution in [1.29, 1.82) is 0 Å². The standard InChI is InChI=1S/C17H26N4O/c22-17(20-11-10-13-6-4-5-9-16(13)20)15-12-21(19-18-15)14-7-2-1-3-8-14/h12-14,16H,1-11H2/t13-,16-/m1/s1. The van der Waals surface area contributed by atoms with Gasteiger partial charge in [0.1, 0.15) is 0 Å². The lowest BCUT2D eigenvalue weighted by Crippen LogP contribution is -2.39. The van der Waals surface area contributed by atoms with E-state index in [9.17, 15) is 4.79 Å². The van der Waals surface area contributed by atoms with Crippen LogP contribution in [-0.2, 0) is 0 Å². The third-order valence-corrected chi connectivity index (χ3v) is 5.95. The van der Waals surface area contributed by atoms with E-state index in [-0.39, 0.29) is 5.91 Å². The monoisotopic (exact) mass is 302 g/mol. The molecule has 0 bridgehead atoms. The van der Waals surface area contributed by atoms with Gasteiger partial charge in [0.25, 0.3) is 5.91 Å². The molecule has 120 valence electrons. The predicted octanol–water partition coefficient (Wildman–Crippen LogP) is 3.19. The molecule has 2 atom stereocenters. The largest absolute Gasteiger partial charge is 0.334 e. The van der Waals surface area contributed by atoms with E-state index in [1.54, 1.807) is 0 Å². The number of amides is 1. The van der Waals surface area contributed by atoms with Gasteiger partial charge in [-0.3, -0.25) is 4.79 Å². The number of carbonyl (C=O) groups is 1. The molecule has 0 aromatic carbocycles. The van der Waals surface area contributed by atoms with E-state index in [4.69, 9.17) is 0 Å². The van der Waals surface area contributed by atoms with Crippen molar-refractivity contribution in [2.24, 2.45) is 5.92 Å². The van der Waals surface area contributed by atoms with Crippen LogP contribution in [0.2, 0.25) is 0 Å². The van der Waals surface area contributed by atoms with Crippen molar-refractivity contribution in [2.45, 2.75) is 76.3 Å². The van der Waals surface area contributed by atoms with Crippen LogP contribution in [0.1, 0.15) is 80.7 Å². The SMILES string of the molecule is O=C(c1cn(C2CCCCC2)nn1)N1CC[C@H]2CCCC[C@H]21. The number of hydrogen-bond acceptors (Lipinski definition) is 3. The minimum atomic E-state index is 0.108. The highest BCUT2D eigenvalue weighted by atomic mass is 16.2. The second kappa shape index (κ2) is 6.01. The van der Waals surface area contributed by atoms with Gasteiger partial charge >= 0.3 is 0 Å². The number of aromatic nitrogens is 3. The number of nitrogens with zero attached hydrogens (tertiary/aromatic N) is 4. The molecular weight excluding hydrogens is 276 g/mol. The second-order valence-electron chi connectivity index (χ2n) is 7.27. The third kappa shape index (κ3) is 2.55. The Bertz CT molecular complexity index is 535. The van der Waals surface area contributed by atoms with Gasteiger partial charge in [-0.15, -0.1) is 5.10 Å². The Labute approximate surface area is 132 Å². The minimum Gasteiger partial charge on any atom is -0.334 e. The summed E-state index contributed by atoms with van der Waals surface area (Å²) < 4.78 is 1.95. The highest BCUT2D eigenvalue weighted by molar-refractivity contribution is 5.92. The van der Waals surface area contributed by atoms with Crippen molar-refractivity contribution in [2.75, 3.05) is 6.54 Å². The van der Waals surface area contributed by atoms with Crippen molar-refractivity contribution in [3.63, 3.8) is 0 Å². The van der Waals surface area contributed by atoms with Gasteiger partial charge in [-0.25, -0.2) is 4.68 Å². The van der Waals surface area contributed by atoms with Crippen molar-refractivity contribution in [3.8, 4) is 0 Å². The topological polar surface area (TPSA) is 51.0 Å². The van der Waals surface area contributed by atoms with Crippen LogP contribution in [0.5, 0.6) is 0 Å². The number of fused-ring (bicyclic) bond motifs is 1. The lowest BCUT2D eigenvalue weighted by molar-refractivity contribution is 0.0684. The number of rotatable bonds is 2. The molecule has 2 saturated carbocycles. The summed E-state index contributed by atoms with van der Waals surface area (Å²) in [7, 11) is 0. The molecule has 1 aromatic heterocycles. The maximum absolute atomic E-state index is 12.8. The molecule has 0 unspecified atom stereocenters. The first-order chi connectivity index (χ1) is 10.8. The Morgan fingerprint density at radius 1 is 1.00 bits per heavy atom. The Hall–Kier alpha value is -1.39. The quantitative estimate of drug-likeness (QED) is 0.843. The fourth-order valence-corrected chi connectivity index (χ4v) is 4.70. The number of likely N-dealkylation sites (tertiary alicyclic amines) is 1. The average Bonchev–Trinajstić information content (AvgIpc) is 3.22. The Balaban J connectivity index is 1.47. The van der Waals surface area contributed by atoms with Gasteiger partial charge in [-0.05, 0) is 38.0 Å². The second-order valence-corrected chi connectivity index (χ2v) is 7.27. The fraction of sp³-hybridized carbons (Fsp3) is 0.824. The molecule has 1 aliphatic heterocycles. The van der Waals surface area contributed by atoms with E-state index in [0.29, 0.717) is 17.8 Å². The predicted molar refractivity (Wildman–Crippen MR) is 83.5 cm³/mol. The lowest BCUT2D eigenvalue weighted by Gasteiger charge is -2.31. The Kier molecular flexibility index (Phi) is 3.89. The summed E-state index contributed by atoms with van der Waals surface area (Å²) in [4.78, 5) is 14.9. The molecule has 1 amide bonds. The van der Waals surface area contributed by atoms with Crippen molar-refractivity contribution in [3.05, 3.63) is 11.9 Å². The van der Waals surface area contributed by atoms with Crippen molar-refractivity contribution >= 4 is 5.91 Å². The van der Waals surface area contributed by atoms with Crippen LogP contribution in [0.15, 0.2) is 6.20 Å². The molecule has 1 aromatic rings. The van der Waals surface area contributed by atoms with E-state index >= 15 is 0 Å². The summed E-state index contributed by atoms with van der Waals surface area (Å²) in [5, 5.41) is 8.45. The van der Waals surface area contributed by atoms with Gasteiger partial charge in [0.2, 0.25) is 0 Å². The van der Waals surface area contributed by atoms with Gasteiger partial charge in [-0.1, -0.05) is 37.3 Å². The normalized spacial score (nSPS) is 29.5. The summed E-state index contributed by atoms with van der Waals surface area (Å²) >= 11 is 0. The molecule has 0 N–H and O–H groups in total. The molecule has 1 saturated heterocycles. The zero-order chi connectivity index (χ0) is 14.9. The summed E-state index contributed by atoms with van der Waals surface area (Å²) in [6.45, 7) is 0.907. The molecule has 22 heavy (non-hydrogen) atoms. The van der Waals surface area contributed by atoms with Gasteiger partial charge in [-0.2, -0.15) is 0 Å². The minimum absolute atomic E-state index is 0.108. The Morgan fingerprint density at radius 3 is 2.64 bits per heavy atom.